The lowest BCUT2D eigenvalue weighted by Crippen LogP contribution is -2.44. The second-order valence-corrected chi connectivity index (χ2v) is 8.32. The van der Waals surface area contributed by atoms with E-state index >= 15 is 0 Å². The third-order valence-corrected chi connectivity index (χ3v) is 6.39. The number of benzene rings is 1. The van der Waals surface area contributed by atoms with Gasteiger partial charge in [-0.25, -0.2) is 0 Å². The van der Waals surface area contributed by atoms with Crippen molar-refractivity contribution in [3.8, 4) is 0 Å². The summed E-state index contributed by atoms with van der Waals surface area (Å²) in [6.45, 7) is 5.04. The van der Waals surface area contributed by atoms with Crippen LogP contribution < -0.4 is 10.2 Å². The van der Waals surface area contributed by atoms with E-state index in [4.69, 9.17) is 4.74 Å². The molecular formula is C21H27N3O2S. The summed E-state index contributed by atoms with van der Waals surface area (Å²) in [6, 6.07) is 11.0. The highest BCUT2D eigenvalue weighted by Crippen LogP contribution is 2.31. The van der Waals surface area contributed by atoms with E-state index in [1.807, 2.05) is 17.5 Å². The van der Waals surface area contributed by atoms with Crippen molar-refractivity contribution < 1.29 is 9.53 Å². The molecule has 1 saturated heterocycles. The fourth-order valence-electron chi connectivity index (χ4n) is 3.99. The number of hydrogen-bond donors (Lipinski definition) is 1. The Morgan fingerprint density at radius 3 is 2.89 bits per heavy atom. The van der Waals surface area contributed by atoms with E-state index in [0.29, 0.717) is 13.0 Å². The van der Waals surface area contributed by atoms with Crippen LogP contribution in [0.5, 0.6) is 0 Å². The Balaban J connectivity index is 1.48. The summed E-state index contributed by atoms with van der Waals surface area (Å²) in [6.07, 6.45) is 1.56. The molecule has 1 fully saturated rings. The van der Waals surface area contributed by atoms with Crippen molar-refractivity contribution >= 4 is 22.9 Å². The Kier molecular flexibility index (Phi) is 5.76. The van der Waals surface area contributed by atoms with E-state index in [1.54, 1.807) is 11.3 Å². The van der Waals surface area contributed by atoms with E-state index < -0.39 is 0 Å². The van der Waals surface area contributed by atoms with Gasteiger partial charge >= 0.3 is 0 Å². The molecule has 1 atom stereocenters. The van der Waals surface area contributed by atoms with Crippen LogP contribution in [-0.2, 0) is 22.4 Å². The van der Waals surface area contributed by atoms with Gasteiger partial charge in [0.15, 0.2) is 0 Å². The van der Waals surface area contributed by atoms with Crippen molar-refractivity contribution in [3.63, 3.8) is 0 Å². The first-order valence-electron chi connectivity index (χ1n) is 9.65. The largest absolute Gasteiger partial charge is 0.379 e. The highest BCUT2D eigenvalue weighted by Gasteiger charge is 2.25. The van der Waals surface area contributed by atoms with E-state index in [0.717, 1.165) is 44.1 Å². The fourth-order valence-corrected chi connectivity index (χ4v) is 4.69. The molecule has 144 valence electrons. The predicted octanol–water partition coefficient (Wildman–Crippen LogP) is 2.47. The van der Waals surface area contributed by atoms with Crippen LogP contribution in [0.3, 0.4) is 0 Å². The molecule has 0 radical (unpaired) electrons. The number of anilines is 1. The summed E-state index contributed by atoms with van der Waals surface area (Å²) in [5, 5.41) is 5.18. The number of thiophene rings is 1. The van der Waals surface area contributed by atoms with Crippen molar-refractivity contribution in [1.29, 1.82) is 0 Å². The summed E-state index contributed by atoms with van der Waals surface area (Å²) < 4.78 is 5.54. The van der Waals surface area contributed by atoms with Crippen LogP contribution in [0.2, 0.25) is 0 Å². The summed E-state index contributed by atoms with van der Waals surface area (Å²) in [5.74, 6) is 0.0941. The summed E-state index contributed by atoms with van der Waals surface area (Å²) >= 11 is 1.63. The zero-order valence-corrected chi connectivity index (χ0v) is 16.6. The molecular weight excluding hydrogens is 358 g/mol. The molecule has 0 saturated carbocycles. The van der Waals surface area contributed by atoms with Crippen molar-refractivity contribution in [2.24, 2.45) is 0 Å². The van der Waals surface area contributed by atoms with Gasteiger partial charge in [0.25, 0.3) is 0 Å². The van der Waals surface area contributed by atoms with Gasteiger partial charge in [0.05, 0.1) is 25.7 Å². The number of carbonyl (C=O) groups excluding carboxylic acids is 1. The van der Waals surface area contributed by atoms with Crippen LogP contribution in [0.4, 0.5) is 5.69 Å². The lowest BCUT2D eigenvalue weighted by molar-refractivity contribution is -0.120. The average Bonchev–Trinajstić information content (AvgIpc) is 3.33. The minimum atomic E-state index is 0.0941. The van der Waals surface area contributed by atoms with Crippen LogP contribution in [0.1, 0.15) is 22.0 Å². The number of amides is 1. The molecule has 3 heterocycles. The number of fused-ring (bicyclic) bond motifs is 1. The molecule has 4 rings (SSSR count). The maximum Gasteiger partial charge on any atom is 0.225 e. The molecule has 1 aromatic heterocycles. The highest BCUT2D eigenvalue weighted by atomic mass is 32.1. The van der Waals surface area contributed by atoms with E-state index in [-0.39, 0.29) is 11.9 Å². The Hall–Kier alpha value is -1.89. The van der Waals surface area contributed by atoms with Gasteiger partial charge in [-0.15, -0.1) is 11.3 Å². The van der Waals surface area contributed by atoms with Crippen molar-refractivity contribution in [2.45, 2.75) is 18.9 Å². The van der Waals surface area contributed by atoms with Crippen molar-refractivity contribution in [3.05, 3.63) is 51.7 Å². The monoisotopic (exact) mass is 385 g/mol. The lowest BCUT2D eigenvalue weighted by atomic mass is 10.0. The number of nitrogens with one attached hydrogen (secondary N) is 1. The maximum atomic E-state index is 12.4. The quantitative estimate of drug-likeness (QED) is 0.830. The topological polar surface area (TPSA) is 44.8 Å². The molecule has 1 unspecified atom stereocenters. The van der Waals surface area contributed by atoms with Crippen LogP contribution in [-0.4, -0.2) is 57.2 Å². The number of nitrogens with zero attached hydrogens (tertiary/aromatic N) is 2. The number of hydrogen-bond acceptors (Lipinski definition) is 5. The average molecular weight is 386 g/mol. The summed E-state index contributed by atoms with van der Waals surface area (Å²) in [4.78, 5) is 18.3. The van der Waals surface area contributed by atoms with Crippen molar-refractivity contribution in [1.82, 2.24) is 10.2 Å². The smallest absolute Gasteiger partial charge is 0.225 e. The Labute approximate surface area is 164 Å². The van der Waals surface area contributed by atoms with Gasteiger partial charge < -0.3 is 15.0 Å². The summed E-state index contributed by atoms with van der Waals surface area (Å²) in [7, 11) is 2.15. The zero-order valence-electron chi connectivity index (χ0n) is 15.8. The lowest BCUT2D eigenvalue weighted by Gasteiger charge is -2.35. The number of likely N-dealkylation sites (N-methyl/N-ethyl adjacent to an activating group) is 1. The van der Waals surface area contributed by atoms with Gasteiger partial charge in [-0.05, 0) is 35.1 Å². The van der Waals surface area contributed by atoms with Gasteiger partial charge in [-0.3, -0.25) is 9.69 Å². The van der Waals surface area contributed by atoms with Gasteiger partial charge in [0.2, 0.25) is 5.91 Å². The Bertz CT molecular complexity index is 772. The van der Waals surface area contributed by atoms with Crippen LogP contribution in [0.15, 0.2) is 35.7 Å². The van der Waals surface area contributed by atoms with E-state index in [2.05, 4.69) is 40.4 Å². The standard InChI is InChI=1S/C21H27N3O2S/c1-23-7-6-17-13-16(4-5-19(17)23)20(24-8-10-26-11-9-24)15-22-21(25)14-18-3-2-12-27-18/h2-5,12-13,20H,6-11,14-15H2,1H3,(H,22,25). The predicted molar refractivity (Wildman–Crippen MR) is 110 cm³/mol. The first-order chi connectivity index (χ1) is 13.2. The minimum absolute atomic E-state index is 0.0941. The third kappa shape index (κ3) is 4.34. The second kappa shape index (κ2) is 8.42. The SMILES string of the molecule is CN1CCc2cc(C(CNC(=O)Cc3cccs3)N3CCOCC3)ccc21. The van der Waals surface area contributed by atoms with Gasteiger partial charge in [-0.1, -0.05) is 18.2 Å². The van der Waals surface area contributed by atoms with Gasteiger partial charge in [-0.2, -0.15) is 0 Å². The maximum absolute atomic E-state index is 12.4. The van der Waals surface area contributed by atoms with Crippen molar-refractivity contribution in [2.75, 3.05) is 51.3 Å². The van der Waals surface area contributed by atoms with Crippen LogP contribution >= 0.6 is 11.3 Å². The zero-order chi connectivity index (χ0) is 18.6. The molecule has 2 aliphatic rings. The molecule has 1 amide bonds. The first kappa shape index (κ1) is 18.5. The second-order valence-electron chi connectivity index (χ2n) is 7.28. The van der Waals surface area contributed by atoms with E-state index in [9.17, 15) is 4.79 Å². The normalized spacial score (nSPS) is 18.3. The van der Waals surface area contributed by atoms with Gasteiger partial charge in [0, 0.05) is 43.8 Å². The molecule has 0 bridgehead atoms. The number of rotatable bonds is 6. The molecule has 1 N–H and O–H groups in total. The molecule has 1 aromatic carbocycles. The molecule has 2 aliphatic heterocycles. The first-order valence-corrected chi connectivity index (χ1v) is 10.5. The van der Waals surface area contributed by atoms with Gasteiger partial charge in [0.1, 0.15) is 0 Å². The molecule has 0 aliphatic carbocycles. The number of ether oxygens (including phenoxy) is 1. The molecule has 5 nitrogen and oxygen atoms in total. The molecule has 6 heteroatoms. The Morgan fingerprint density at radius 1 is 1.26 bits per heavy atom. The van der Waals surface area contributed by atoms with Crippen LogP contribution in [0.25, 0.3) is 0 Å². The third-order valence-electron chi connectivity index (χ3n) is 5.51. The van der Waals surface area contributed by atoms with E-state index in [1.165, 1.54) is 16.8 Å². The molecule has 0 spiro atoms. The fraction of sp³-hybridized carbons (Fsp3) is 0.476. The molecule has 2 aromatic rings. The number of carbonyl (C=O) groups is 1. The molecule has 27 heavy (non-hydrogen) atoms. The van der Waals surface area contributed by atoms with Crippen LogP contribution in [0, 0.1) is 0 Å². The Morgan fingerprint density at radius 2 is 2.11 bits per heavy atom. The summed E-state index contributed by atoms with van der Waals surface area (Å²) in [5.41, 5.74) is 4.04. The minimum Gasteiger partial charge on any atom is -0.379 e. The number of morpholine rings is 1. The highest BCUT2D eigenvalue weighted by molar-refractivity contribution is 7.10.